The third kappa shape index (κ3) is 2.00. The van der Waals surface area contributed by atoms with Crippen molar-refractivity contribution >= 4 is 5.82 Å². The highest BCUT2D eigenvalue weighted by atomic mass is 16.3. The molecule has 2 atom stereocenters. The summed E-state index contributed by atoms with van der Waals surface area (Å²) >= 11 is 0. The van der Waals surface area contributed by atoms with Crippen LogP contribution in [0.2, 0.25) is 0 Å². The summed E-state index contributed by atoms with van der Waals surface area (Å²) in [5.74, 6) is 3.01. The predicted octanol–water partition coefficient (Wildman–Crippen LogP) is -0.0333. The van der Waals surface area contributed by atoms with Crippen molar-refractivity contribution in [1.82, 2.24) is 14.9 Å². The molecular weight excluding hydrogens is 216 g/mol. The van der Waals surface area contributed by atoms with E-state index in [1.54, 1.807) is 6.20 Å². The summed E-state index contributed by atoms with van der Waals surface area (Å²) in [5, 5.41) is 9.05. The minimum absolute atomic E-state index is 0.0860. The third-order valence-corrected chi connectivity index (χ3v) is 3.83. The molecule has 5 nitrogen and oxygen atoms in total. The molecule has 2 aliphatic rings. The van der Waals surface area contributed by atoms with Crippen molar-refractivity contribution in [2.45, 2.75) is 6.61 Å². The van der Waals surface area contributed by atoms with Crippen LogP contribution in [0.15, 0.2) is 12.3 Å². The summed E-state index contributed by atoms with van der Waals surface area (Å²) in [7, 11) is 2.19. The molecule has 2 saturated heterocycles. The Morgan fingerprint density at radius 2 is 2.00 bits per heavy atom. The van der Waals surface area contributed by atoms with E-state index in [1.807, 2.05) is 6.07 Å². The van der Waals surface area contributed by atoms with Gasteiger partial charge in [-0.3, -0.25) is 0 Å². The second-order valence-corrected chi connectivity index (χ2v) is 5.14. The van der Waals surface area contributed by atoms with Gasteiger partial charge in [-0.2, -0.15) is 0 Å². The molecule has 0 spiro atoms. The Hall–Kier alpha value is -1.20. The van der Waals surface area contributed by atoms with Crippen LogP contribution >= 0.6 is 0 Å². The molecule has 1 aromatic rings. The lowest BCUT2D eigenvalue weighted by molar-refractivity contribution is 0.271. The highest BCUT2D eigenvalue weighted by Gasteiger charge is 2.39. The molecule has 3 rings (SSSR count). The van der Waals surface area contributed by atoms with E-state index in [1.165, 1.54) is 13.1 Å². The molecule has 2 fully saturated rings. The van der Waals surface area contributed by atoms with Crippen molar-refractivity contribution in [3.05, 3.63) is 18.1 Å². The topological polar surface area (TPSA) is 52.5 Å². The molecule has 2 aliphatic heterocycles. The Labute approximate surface area is 101 Å². The maximum absolute atomic E-state index is 9.05. The molecule has 1 N–H and O–H groups in total. The van der Waals surface area contributed by atoms with Crippen molar-refractivity contribution in [1.29, 1.82) is 0 Å². The van der Waals surface area contributed by atoms with Crippen LogP contribution in [-0.2, 0) is 6.61 Å². The van der Waals surface area contributed by atoms with Crippen LogP contribution in [0.5, 0.6) is 0 Å². The van der Waals surface area contributed by atoms with Crippen LogP contribution in [0.4, 0.5) is 5.82 Å². The number of aliphatic hydroxyl groups is 1. The van der Waals surface area contributed by atoms with Crippen molar-refractivity contribution in [2.75, 3.05) is 38.1 Å². The fourth-order valence-corrected chi connectivity index (χ4v) is 3.06. The molecule has 0 aliphatic carbocycles. The van der Waals surface area contributed by atoms with Gasteiger partial charge in [0.05, 0.1) is 0 Å². The number of hydrogen-bond donors (Lipinski definition) is 1. The number of nitrogens with zero attached hydrogens (tertiary/aromatic N) is 4. The maximum atomic E-state index is 9.05. The van der Waals surface area contributed by atoms with E-state index in [4.69, 9.17) is 5.11 Å². The fraction of sp³-hybridized carbons (Fsp3) is 0.667. The lowest BCUT2D eigenvalue weighted by Gasteiger charge is -2.20. The first-order valence-corrected chi connectivity index (χ1v) is 6.12. The van der Waals surface area contributed by atoms with E-state index < -0.39 is 0 Å². The van der Waals surface area contributed by atoms with Crippen LogP contribution in [0, 0.1) is 11.8 Å². The number of aliphatic hydroxyl groups excluding tert-OH is 1. The van der Waals surface area contributed by atoms with Crippen LogP contribution in [0.3, 0.4) is 0 Å². The van der Waals surface area contributed by atoms with Gasteiger partial charge in [-0.25, -0.2) is 9.97 Å². The maximum Gasteiger partial charge on any atom is 0.156 e. The van der Waals surface area contributed by atoms with Gasteiger partial charge < -0.3 is 14.9 Å². The number of rotatable bonds is 2. The standard InChI is InChI=1S/C12H18N4O/c1-15-4-9-6-16(7-10(9)5-15)12-2-3-13-11(8-17)14-12/h2-3,9-10,17H,4-8H2,1H3. The summed E-state index contributed by atoms with van der Waals surface area (Å²) in [6, 6.07) is 1.93. The Bertz CT molecular complexity index is 397. The normalized spacial score (nSPS) is 28.7. The predicted molar refractivity (Wildman–Crippen MR) is 64.6 cm³/mol. The zero-order valence-corrected chi connectivity index (χ0v) is 10.1. The second-order valence-electron chi connectivity index (χ2n) is 5.14. The monoisotopic (exact) mass is 234 g/mol. The molecule has 0 saturated carbocycles. The number of anilines is 1. The first-order chi connectivity index (χ1) is 8.26. The van der Waals surface area contributed by atoms with Gasteiger partial charge in [-0.1, -0.05) is 0 Å². The van der Waals surface area contributed by atoms with E-state index in [2.05, 4.69) is 26.8 Å². The summed E-state index contributed by atoms with van der Waals surface area (Å²) < 4.78 is 0. The van der Waals surface area contributed by atoms with Crippen LogP contribution in [-0.4, -0.2) is 53.2 Å². The number of hydrogen-bond acceptors (Lipinski definition) is 5. The largest absolute Gasteiger partial charge is 0.388 e. The molecule has 92 valence electrons. The molecule has 1 aromatic heterocycles. The SMILES string of the molecule is CN1CC2CN(c3ccnc(CO)n3)CC2C1. The molecule has 17 heavy (non-hydrogen) atoms. The number of fused-ring (bicyclic) bond motifs is 1. The van der Waals surface area contributed by atoms with Crippen molar-refractivity contribution in [3.8, 4) is 0 Å². The minimum atomic E-state index is -0.0860. The molecular formula is C12H18N4O. The summed E-state index contributed by atoms with van der Waals surface area (Å²) in [6.07, 6.45) is 1.73. The first-order valence-electron chi connectivity index (χ1n) is 6.12. The van der Waals surface area contributed by atoms with Crippen LogP contribution < -0.4 is 4.90 Å². The molecule has 0 radical (unpaired) electrons. The quantitative estimate of drug-likeness (QED) is 0.778. The Kier molecular flexibility index (Phi) is 2.72. The van der Waals surface area contributed by atoms with Crippen molar-refractivity contribution in [2.24, 2.45) is 11.8 Å². The third-order valence-electron chi connectivity index (χ3n) is 3.83. The molecule has 3 heterocycles. The van der Waals surface area contributed by atoms with Gasteiger partial charge in [0.15, 0.2) is 5.82 Å². The van der Waals surface area contributed by atoms with E-state index >= 15 is 0 Å². The second kappa shape index (κ2) is 4.23. The van der Waals surface area contributed by atoms with E-state index in [-0.39, 0.29) is 6.61 Å². The average molecular weight is 234 g/mol. The van der Waals surface area contributed by atoms with Gasteiger partial charge in [0.25, 0.3) is 0 Å². The van der Waals surface area contributed by atoms with Gasteiger partial charge in [0.2, 0.25) is 0 Å². The smallest absolute Gasteiger partial charge is 0.156 e. The summed E-state index contributed by atoms with van der Waals surface area (Å²) in [5.41, 5.74) is 0. The molecule has 0 bridgehead atoms. The lowest BCUT2D eigenvalue weighted by Crippen LogP contribution is -2.27. The number of likely N-dealkylation sites (tertiary alicyclic amines) is 1. The van der Waals surface area contributed by atoms with E-state index in [0.717, 1.165) is 30.7 Å². The first kappa shape index (κ1) is 10.9. The van der Waals surface area contributed by atoms with Gasteiger partial charge in [0, 0.05) is 32.4 Å². The zero-order valence-electron chi connectivity index (χ0n) is 10.1. The van der Waals surface area contributed by atoms with Gasteiger partial charge in [-0.15, -0.1) is 0 Å². The fourth-order valence-electron chi connectivity index (χ4n) is 3.06. The zero-order chi connectivity index (χ0) is 11.8. The molecule has 0 amide bonds. The van der Waals surface area contributed by atoms with E-state index in [0.29, 0.717) is 5.82 Å². The highest BCUT2D eigenvalue weighted by Crippen LogP contribution is 2.32. The lowest BCUT2D eigenvalue weighted by atomic mass is 10.0. The molecule has 2 unspecified atom stereocenters. The Morgan fingerprint density at radius 3 is 2.65 bits per heavy atom. The summed E-state index contributed by atoms with van der Waals surface area (Å²) in [4.78, 5) is 13.1. The van der Waals surface area contributed by atoms with Crippen LogP contribution in [0.1, 0.15) is 5.82 Å². The van der Waals surface area contributed by atoms with Crippen molar-refractivity contribution in [3.63, 3.8) is 0 Å². The average Bonchev–Trinajstić information content (AvgIpc) is 2.86. The number of aromatic nitrogens is 2. The van der Waals surface area contributed by atoms with Gasteiger partial charge in [-0.05, 0) is 24.9 Å². The van der Waals surface area contributed by atoms with E-state index in [9.17, 15) is 0 Å². The van der Waals surface area contributed by atoms with Crippen molar-refractivity contribution < 1.29 is 5.11 Å². The van der Waals surface area contributed by atoms with Crippen LogP contribution in [0.25, 0.3) is 0 Å². The Morgan fingerprint density at radius 1 is 1.29 bits per heavy atom. The molecule has 5 heteroatoms. The van der Waals surface area contributed by atoms with Gasteiger partial charge in [0.1, 0.15) is 12.4 Å². The highest BCUT2D eigenvalue weighted by molar-refractivity contribution is 5.39. The minimum Gasteiger partial charge on any atom is -0.388 e. The Balaban J connectivity index is 1.74. The van der Waals surface area contributed by atoms with Gasteiger partial charge >= 0.3 is 0 Å². The molecule has 0 aromatic carbocycles. The summed E-state index contributed by atoms with van der Waals surface area (Å²) in [6.45, 7) is 4.46.